The molecule has 0 atom stereocenters. The summed E-state index contributed by atoms with van der Waals surface area (Å²) >= 11 is 5.84. The summed E-state index contributed by atoms with van der Waals surface area (Å²) in [5.41, 5.74) is -0.997. The molecule has 0 bridgehead atoms. The van der Waals surface area contributed by atoms with Crippen LogP contribution in [0, 0.1) is 17.5 Å². The standard InChI is InChI=1S/C17H14ClF3N2O3/c1-26-5-4-16(24)22-15-7-10(12(20)8-13(15)21)17(25)23-14-6-9(19)2-3-11(14)18/h2-3,6-8H,4-5H2,1H3,(H,22,24)(H,23,25). The normalized spacial score (nSPS) is 10.5. The van der Waals surface area contributed by atoms with E-state index in [2.05, 4.69) is 10.6 Å². The number of halogens is 4. The molecule has 0 spiro atoms. The summed E-state index contributed by atoms with van der Waals surface area (Å²) in [6, 6.07) is 4.57. The zero-order valence-electron chi connectivity index (χ0n) is 13.5. The molecule has 0 unspecified atom stereocenters. The number of benzene rings is 2. The SMILES string of the molecule is COCCC(=O)Nc1cc(C(=O)Nc2cc(F)ccc2Cl)c(F)cc1F. The molecular weight excluding hydrogens is 373 g/mol. The maximum absolute atomic E-state index is 14.0. The molecule has 5 nitrogen and oxygen atoms in total. The van der Waals surface area contributed by atoms with Gasteiger partial charge in [0.15, 0.2) is 0 Å². The zero-order chi connectivity index (χ0) is 19.3. The van der Waals surface area contributed by atoms with Crippen molar-refractivity contribution in [3.63, 3.8) is 0 Å². The Morgan fingerprint density at radius 1 is 1.04 bits per heavy atom. The third-order valence-electron chi connectivity index (χ3n) is 3.29. The van der Waals surface area contributed by atoms with E-state index in [0.29, 0.717) is 6.07 Å². The van der Waals surface area contributed by atoms with Crippen LogP contribution < -0.4 is 10.6 Å². The number of anilines is 2. The van der Waals surface area contributed by atoms with Gasteiger partial charge in [-0.05, 0) is 24.3 Å². The molecule has 9 heteroatoms. The summed E-state index contributed by atoms with van der Waals surface area (Å²) in [5, 5.41) is 4.50. The maximum Gasteiger partial charge on any atom is 0.258 e. The summed E-state index contributed by atoms with van der Waals surface area (Å²) in [5.74, 6) is -4.41. The minimum atomic E-state index is -1.15. The lowest BCUT2D eigenvalue weighted by molar-refractivity contribution is -0.117. The third kappa shape index (κ3) is 4.96. The molecule has 0 saturated carbocycles. The van der Waals surface area contributed by atoms with Crippen LogP contribution in [0.15, 0.2) is 30.3 Å². The predicted octanol–water partition coefficient (Wildman–Crippen LogP) is 3.98. The first kappa shape index (κ1) is 19.7. The molecule has 2 rings (SSSR count). The molecular formula is C17H14ClF3N2O3. The first-order chi connectivity index (χ1) is 12.3. The van der Waals surface area contributed by atoms with Gasteiger partial charge >= 0.3 is 0 Å². The number of amides is 2. The first-order valence-electron chi connectivity index (χ1n) is 7.36. The lowest BCUT2D eigenvalue weighted by Gasteiger charge is -2.11. The summed E-state index contributed by atoms with van der Waals surface area (Å²) in [7, 11) is 1.39. The average Bonchev–Trinajstić information content (AvgIpc) is 2.58. The number of hydrogen-bond donors (Lipinski definition) is 2. The molecule has 2 aromatic carbocycles. The van der Waals surface area contributed by atoms with Gasteiger partial charge < -0.3 is 15.4 Å². The van der Waals surface area contributed by atoms with Crippen molar-refractivity contribution in [2.24, 2.45) is 0 Å². The summed E-state index contributed by atoms with van der Waals surface area (Å²) in [4.78, 5) is 23.9. The topological polar surface area (TPSA) is 67.4 Å². The van der Waals surface area contributed by atoms with Gasteiger partial charge in [0, 0.05) is 13.2 Å². The van der Waals surface area contributed by atoms with Crippen molar-refractivity contribution >= 4 is 34.8 Å². The fourth-order valence-corrected chi connectivity index (χ4v) is 2.17. The van der Waals surface area contributed by atoms with Crippen LogP contribution in [-0.4, -0.2) is 25.5 Å². The number of ether oxygens (including phenoxy) is 1. The van der Waals surface area contributed by atoms with Crippen LogP contribution in [0.3, 0.4) is 0 Å². The van der Waals surface area contributed by atoms with Gasteiger partial charge in [-0.25, -0.2) is 13.2 Å². The Kier molecular flexibility index (Phi) is 6.59. The number of hydrogen-bond acceptors (Lipinski definition) is 3. The number of carbonyl (C=O) groups is 2. The highest BCUT2D eigenvalue weighted by Gasteiger charge is 2.18. The monoisotopic (exact) mass is 386 g/mol. The third-order valence-corrected chi connectivity index (χ3v) is 3.61. The summed E-state index contributed by atoms with van der Waals surface area (Å²) in [6.07, 6.45) is -0.0479. The minimum Gasteiger partial charge on any atom is -0.384 e. The van der Waals surface area contributed by atoms with Crippen LogP contribution in [-0.2, 0) is 9.53 Å². The van der Waals surface area contributed by atoms with Gasteiger partial charge in [-0.1, -0.05) is 11.6 Å². The Labute approximate surface area is 152 Å². The zero-order valence-corrected chi connectivity index (χ0v) is 14.3. The lowest BCUT2D eigenvalue weighted by Crippen LogP contribution is -2.18. The van der Waals surface area contributed by atoms with Crippen molar-refractivity contribution in [2.45, 2.75) is 6.42 Å². The molecule has 0 aliphatic rings. The number of nitrogens with one attached hydrogen (secondary N) is 2. The first-order valence-corrected chi connectivity index (χ1v) is 7.74. The highest BCUT2D eigenvalue weighted by Crippen LogP contribution is 2.25. The molecule has 0 radical (unpaired) electrons. The highest BCUT2D eigenvalue weighted by molar-refractivity contribution is 6.33. The van der Waals surface area contributed by atoms with E-state index in [1.54, 1.807) is 0 Å². The van der Waals surface area contributed by atoms with E-state index in [-0.39, 0.29) is 29.4 Å². The van der Waals surface area contributed by atoms with E-state index in [1.807, 2.05) is 0 Å². The second kappa shape index (κ2) is 8.68. The molecule has 2 amide bonds. The molecule has 0 saturated heterocycles. The van der Waals surface area contributed by atoms with Gasteiger partial charge in [0.05, 0.1) is 35.0 Å². The second-order valence-corrected chi connectivity index (χ2v) is 5.59. The molecule has 2 N–H and O–H groups in total. The van der Waals surface area contributed by atoms with E-state index in [1.165, 1.54) is 13.2 Å². The smallest absolute Gasteiger partial charge is 0.258 e. The van der Waals surface area contributed by atoms with E-state index in [9.17, 15) is 22.8 Å². The van der Waals surface area contributed by atoms with E-state index in [0.717, 1.165) is 18.2 Å². The van der Waals surface area contributed by atoms with Gasteiger partial charge in [-0.3, -0.25) is 9.59 Å². The Morgan fingerprint density at radius 2 is 1.77 bits per heavy atom. The minimum absolute atomic E-state index is 0.0374. The van der Waals surface area contributed by atoms with Crippen LogP contribution in [0.4, 0.5) is 24.5 Å². The molecule has 0 aliphatic carbocycles. The van der Waals surface area contributed by atoms with E-state index in [4.69, 9.17) is 16.3 Å². The van der Waals surface area contributed by atoms with Gasteiger partial charge in [-0.2, -0.15) is 0 Å². The average molecular weight is 387 g/mol. The maximum atomic E-state index is 14.0. The number of methoxy groups -OCH3 is 1. The number of carbonyl (C=O) groups excluding carboxylic acids is 2. The van der Waals surface area contributed by atoms with Crippen molar-refractivity contribution < 1.29 is 27.5 Å². The van der Waals surface area contributed by atoms with Gasteiger partial charge in [0.1, 0.15) is 17.5 Å². The summed E-state index contributed by atoms with van der Waals surface area (Å²) < 4.78 is 45.8. The van der Waals surface area contributed by atoms with Crippen LogP contribution in [0.25, 0.3) is 0 Å². The van der Waals surface area contributed by atoms with Gasteiger partial charge in [-0.15, -0.1) is 0 Å². The van der Waals surface area contributed by atoms with Gasteiger partial charge in [0.2, 0.25) is 5.91 Å². The quantitative estimate of drug-likeness (QED) is 0.789. The largest absolute Gasteiger partial charge is 0.384 e. The van der Waals surface area contributed by atoms with E-state index >= 15 is 0 Å². The Hall–Kier alpha value is -2.58. The molecule has 0 fully saturated rings. The van der Waals surface area contributed by atoms with Crippen molar-refractivity contribution in [1.82, 2.24) is 0 Å². The molecule has 138 valence electrons. The predicted molar refractivity (Wildman–Crippen MR) is 90.8 cm³/mol. The van der Waals surface area contributed by atoms with Crippen LogP contribution >= 0.6 is 11.6 Å². The second-order valence-electron chi connectivity index (χ2n) is 5.18. The molecule has 0 heterocycles. The van der Waals surface area contributed by atoms with Crippen molar-refractivity contribution in [1.29, 1.82) is 0 Å². The van der Waals surface area contributed by atoms with Crippen molar-refractivity contribution in [2.75, 3.05) is 24.4 Å². The Bertz CT molecular complexity index is 846. The number of rotatable bonds is 6. The van der Waals surface area contributed by atoms with Crippen LogP contribution in [0.1, 0.15) is 16.8 Å². The fraction of sp³-hybridized carbons (Fsp3) is 0.176. The highest BCUT2D eigenvalue weighted by atomic mass is 35.5. The van der Waals surface area contributed by atoms with E-state index < -0.39 is 34.8 Å². The molecule has 0 aromatic heterocycles. The van der Waals surface area contributed by atoms with Crippen LogP contribution in [0.5, 0.6) is 0 Å². The van der Waals surface area contributed by atoms with Crippen LogP contribution in [0.2, 0.25) is 5.02 Å². The van der Waals surface area contributed by atoms with Crippen molar-refractivity contribution in [3.8, 4) is 0 Å². The summed E-state index contributed by atoms with van der Waals surface area (Å²) in [6.45, 7) is 0.111. The van der Waals surface area contributed by atoms with Crippen molar-refractivity contribution in [3.05, 3.63) is 58.4 Å². The molecule has 26 heavy (non-hydrogen) atoms. The lowest BCUT2D eigenvalue weighted by atomic mass is 10.1. The van der Waals surface area contributed by atoms with Gasteiger partial charge in [0.25, 0.3) is 5.91 Å². The molecule has 0 aliphatic heterocycles. The Balaban J connectivity index is 2.25. The Morgan fingerprint density at radius 3 is 2.46 bits per heavy atom. The fourth-order valence-electron chi connectivity index (χ4n) is 2.01. The molecule has 2 aromatic rings.